The summed E-state index contributed by atoms with van der Waals surface area (Å²) < 4.78 is 22.4. The Morgan fingerprint density at radius 2 is 1.82 bits per heavy atom. The highest BCUT2D eigenvalue weighted by atomic mass is 16.5. The first kappa shape index (κ1) is 21.5. The predicted molar refractivity (Wildman–Crippen MR) is 126 cm³/mol. The summed E-state index contributed by atoms with van der Waals surface area (Å²) in [5.41, 5.74) is 3.69. The molecule has 6 heteroatoms. The van der Waals surface area contributed by atoms with Crippen molar-refractivity contribution in [2.24, 2.45) is 0 Å². The van der Waals surface area contributed by atoms with Gasteiger partial charge in [0.1, 0.15) is 30.0 Å². The lowest BCUT2D eigenvalue weighted by molar-refractivity contribution is 0.0600. The zero-order valence-electron chi connectivity index (χ0n) is 18.7. The Balaban J connectivity index is 1.30. The molecule has 3 aromatic rings. The van der Waals surface area contributed by atoms with Gasteiger partial charge in [-0.05, 0) is 60.5 Å². The van der Waals surface area contributed by atoms with Crippen LogP contribution in [0.3, 0.4) is 0 Å². The van der Waals surface area contributed by atoms with E-state index in [2.05, 4.69) is 0 Å². The summed E-state index contributed by atoms with van der Waals surface area (Å²) >= 11 is 0. The molecule has 0 bridgehead atoms. The topological polar surface area (TPSA) is 71.1 Å². The number of esters is 1. The molecular formula is C28H22O6. The van der Waals surface area contributed by atoms with Gasteiger partial charge in [-0.1, -0.05) is 30.3 Å². The van der Waals surface area contributed by atoms with Crippen molar-refractivity contribution in [1.29, 1.82) is 0 Å². The maximum Gasteiger partial charge on any atom is 0.337 e. The van der Waals surface area contributed by atoms with Crippen LogP contribution >= 0.6 is 0 Å². The van der Waals surface area contributed by atoms with Crippen LogP contribution in [0.4, 0.5) is 0 Å². The predicted octanol–water partition coefficient (Wildman–Crippen LogP) is 5.38. The molecule has 0 N–H and O–H groups in total. The van der Waals surface area contributed by atoms with Crippen LogP contribution in [0, 0.1) is 0 Å². The van der Waals surface area contributed by atoms with Crippen molar-refractivity contribution in [3.8, 4) is 17.2 Å². The van der Waals surface area contributed by atoms with Crippen LogP contribution in [-0.4, -0.2) is 25.0 Å². The average molecular weight is 454 g/mol. The molecule has 3 aromatic carbocycles. The first-order valence-corrected chi connectivity index (χ1v) is 10.9. The number of rotatable bonds is 5. The van der Waals surface area contributed by atoms with Crippen molar-refractivity contribution in [2.45, 2.75) is 19.6 Å². The number of hydrogen-bond acceptors (Lipinski definition) is 6. The number of allylic oxidation sites excluding steroid dienone is 1. The lowest BCUT2D eigenvalue weighted by atomic mass is 10.0. The molecule has 0 radical (unpaired) electrons. The number of ether oxygens (including phenoxy) is 4. The lowest BCUT2D eigenvalue weighted by Crippen LogP contribution is -2.18. The number of methoxy groups -OCH3 is 1. The van der Waals surface area contributed by atoms with Crippen molar-refractivity contribution in [2.75, 3.05) is 7.11 Å². The van der Waals surface area contributed by atoms with E-state index >= 15 is 0 Å². The van der Waals surface area contributed by atoms with Crippen LogP contribution < -0.4 is 14.2 Å². The van der Waals surface area contributed by atoms with Crippen molar-refractivity contribution < 1.29 is 28.5 Å². The van der Waals surface area contributed by atoms with E-state index in [1.54, 1.807) is 48.5 Å². The van der Waals surface area contributed by atoms with E-state index in [4.69, 9.17) is 18.9 Å². The first-order valence-electron chi connectivity index (χ1n) is 10.9. The van der Waals surface area contributed by atoms with Crippen molar-refractivity contribution in [1.82, 2.24) is 0 Å². The molecule has 1 atom stereocenters. The fraction of sp³-hybridized carbons (Fsp3) is 0.143. The number of carbonyl (C=O) groups excluding carboxylic acids is 2. The van der Waals surface area contributed by atoms with Gasteiger partial charge in [-0.2, -0.15) is 0 Å². The number of ketones is 1. The first-order chi connectivity index (χ1) is 16.5. The van der Waals surface area contributed by atoms with Gasteiger partial charge in [0.2, 0.25) is 5.78 Å². The quantitative estimate of drug-likeness (QED) is 0.381. The summed E-state index contributed by atoms with van der Waals surface area (Å²) in [7, 11) is 1.35. The van der Waals surface area contributed by atoms with Gasteiger partial charge in [0.15, 0.2) is 5.76 Å². The number of fused-ring (bicyclic) bond motifs is 2. The average Bonchev–Trinajstić information content (AvgIpc) is 3.17. The zero-order chi connectivity index (χ0) is 23.7. The minimum absolute atomic E-state index is 0.174. The zero-order valence-corrected chi connectivity index (χ0v) is 18.7. The van der Waals surface area contributed by atoms with Crippen LogP contribution in [0.2, 0.25) is 0 Å². The Morgan fingerprint density at radius 1 is 1.03 bits per heavy atom. The monoisotopic (exact) mass is 454 g/mol. The SMILES string of the molecule is COC(=O)c1ccc(COc2ccc3c(c2)O/C(=C\C2=Cc4ccccc4OC2C)C3=O)cc1. The normalized spacial score (nSPS) is 17.2. The molecule has 0 amide bonds. The number of carbonyl (C=O) groups is 2. The van der Waals surface area contributed by atoms with Crippen molar-refractivity contribution in [3.05, 3.63) is 106 Å². The number of benzene rings is 3. The number of hydrogen-bond donors (Lipinski definition) is 0. The van der Waals surface area contributed by atoms with Gasteiger partial charge in [0.05, 0.1) is 18.2 Å². The third-order valence-electron chi connectivity index (χ3n) is 5.73. The molecule has 2 heterocycles. The molecule has 34 heavy (non-hydrogen) atoms. The molecule has 6 nitrogen and oxygen atoms in total. The Labute approximate surface area is 197 Å². The number of Topliss-reactive ketones (excluding diaryl/α,β-unsaturated/α-hetero) is 1. The Bertz CT molecular complexity index is 1330. The molecule has 170 valence electrons. The second kappa shape index (κ2) is 8.90. The largest absolute Gasteiger partial charge is 0.489 e. The van der Waals surface area contributed by atoms with Crippen molar-refractivity contribution in [3.63, 3.8) is 0 Å². The smallest absolute Gasteiger partial charge is 0.337 e. The molecule has 0 fully saturated rings. The maximum atomic E-state index is 12.9. The van der Waals surface area contributed by atoms with Crippen LogP contribution in [0.25, 0.3) is 6.08 Å². The summed E-state index contributed by atoms with van der Waals surface area (Å²) in [5.74, 6) is 1.55. The summed E-state index contributed by atoms with van der Waals surface area (Å²) in [5, 5.41) is 0. The van der Waals surface area contributed by atoms with Crippen LogP contribution in [0.15, 0.2) is 84.1 Å². The van der Waals surface area contributed by atoms with E-state index in [1.807, 2.05) is 37.3 Å². The minimum atomic E-state index is -0.383. The molecule has 2 aliphatic rings. The van der Waals surface area contributed by atoms with Gasteiger partial charge in [0.25, 0.3) is 0 Å². The Hall–Kier alpha value is -4.32. The standard InChI is InChI=1S/C28H22O6/c1-17-21(13-20-5-3-4-6-24(20)33-17)14-26-27(29)23-12-11-22(15-25(23)34-26)32-16-18-7-9-19(10-8-18)28(30)31-2/h3-15,17H,16H2,1-2H3/b26-14-. The van der Waals surface area contributed by atoms with E-state index in [9.17, 15) is 9.59 Å². The second-order valence-electron chi connectivity index (χ2n) is 8.02. The van der Waals surface area contributed by atoms with E-state index < -0.39 is 0 Å². The fourth-order valence-electron chi connectivity index (χ4n) is 3.85. The molecule has 0 saturated heterocycles. The molecule has 0 aliphatic carbocycles. The summed E-state index contributed by atoms with van der Waals surface area (Å²) in [4.78, 5) is 24.4. The van der Waals surface area contributed by atoms with Gasteiger partial charge >= 0.3 is 5.97 Å². The highest BCUT2D eigenvalue weighted by Crippen LogP contribution is 2.36. The third kappa shape index (κ3) is 4.18. The van der Waals surface area contributed by atoms with Gasteiger partial charge in [-0.25, -0.2) is 4.79 Å². The molecule has 2 aliphatic heterocycles. The fourth-order valence-corrected chi connectivity index (χ4v) is 3.85. The van der Waals surface area contributed by atoms with Crippen LogP contribution in [-0.2, 0) is 11.3 Å². The van der Waals surface area contributed by atoms with Crippen LogP contribution in [0.5, 0.6) is 17.2 Å². The van der Waals surface area contributed by atoms with E-state index in [0.717, 1.165) is 22.4 Å². The summed E-state index contributed by atoms with van der Waals surface area (Å²) in [6.07, 6.45) is 3.55. The van der Waals surface area contributed by atoms with Gasteiger partial charge < -0.3 is 18.9 Å². The van der Waals surface area contributed by atoms with E-state index in [0.29, 0.717) is 29.2 Å². The molecule has 0 aromatic heterocycles. The van der Waals surface area contributed by atoms with E-state index in [-0.39, 0.29) is 23.6 Å². The Morgan fingerprint density at radius 3 is 2.62 bits per heavy atom. The van der Waals surface area contributed by atoms with E-state index in [1.165, 1.54) is 7.11 Å². The highest BCUT2D eigenvalue weighted by molar-refractivity contribution is 6.12. The highest BCUT2D eigenvalue weighted by Gasteiger charge is 2.29. The van der Waals surface area contributed by atoms with Gasteiger partial charge in [-0.3, -0.25) is 4.79 Å². The third-order valence-corrected chi connectivity index (χ3v) is 5.73. The van der Waals surface area contributed by atoms with Gasteiger partial charge in [0, 0.05) is 11.6 Å². The molecule has 1 unspecified atom stereocenters. The van der Waals surface area contributed by atoms with Crippen LogP contribution in [0.1, 0.15) is 38.8 Å². The molecular weight excluding hydrogens is 432 g/mol. The number of para-hydroxylation sites is 1. The summed E-state index contributed by atoms with van der Waals surface area (Å²) in [6.45, 7) is 2.24. The maximum absolute atomic E-state index is 12.9. The lowest BCUT2D eigenvalue weighted by Gasteiger charge is -2.22. The minimum Gasteiger partial charge on any atom is -0.489 e. The Kier molecular flexibility index (Phi) is 5.64. The second-order valence-corrected chi connectivity index (χ2v) is 8.02. The van der Waals surface area contributed by atoms with Gasteiger partial charge in [-0.15, -0.1) is 0 Å². The molecule has 0 spiro atoms. The summed E-state index contributed by atoms with van der Waals surface area (Å²) in [6, 6.07) is 19.9. The molecule has 5 rings (SSSR count). The van der Waals surface area contributed by atoms with Crippen molar-refractivity contribution >= 4 is 17.8 Å². The molecule has 0 saturated carbocycles.